The highest BCUT2D eigenvalue weighted by molar-refractivity contribution is 6.31. The zero-order valence-electron chi connectivity index (χ0n) is 9.40. The average molecular weight is 256 g/mol. The fourth-order valence-corrected chi connectivity index (χ4v) is 2.45. The van der Waals surface area contributed by atoms with Crippen LogP contribution in [0.4, 0.5) is 0 Å². The third kappa shape index (κ3) is 2.23. The topological polar surface area (TPSA) is 69.6 Å². The molecule has 0 saturated carbocycles. The molecule has 1 heterocycles. The van der Waals surface area contributed by atoms with Gasteiger partial charge in [-0.2, -0.15) is 0 Å². The Hall–Kier alpha value is -1.26. The summed E-state index contributed by atoms with van der Waals surface area (Å²) in [4.78, 5) is 10.9. The van der Waals surface area contributed by atoms with Gasteiger partial charge in [0.2, 0.25) is 0 Å². The molecule has 5 heteroatoms. The van der Waals surface area contributed by atoms with Crippen molar-refractivity contribution in [3.8, 4) is 5.75 Å². The molecule has 0 spiro atoms. The van der Waals surface area contributed by atoms with E-state index in [1.807, 2.05) is 0 Å². The van der Waals surface area contributed by atoms with Gasteiger partial charge < -0.3 is 15.5 Å². The number of phenols is 1. The molecule has 1 aromatic carbocycles. The average Bonchev–Trinajstić information content (AvgIpc) is 2.73. The van der Waals surface area contributed by atoms with Gasteiger partial charge in [-0.15, -0.1) is 0 Å². The van der Waals surface area contributed by atoms with Crippen molar-refractivity contribution < 1.29 is 15.0 Å². The minimum atomic E-state index is -0.816. The molecule has 1 aliphatic heterocycles. The first kappa shape index (κ1) is 12.2. The lowest BCUT2D eigenvalue weighted by Gasteiger charge is -2.16. The van der Waals surface area contributed by atoms with Gasteiger partial charge in [-0.1, -0.05) is 17.7 Å². The van der Waals surface area contributed by atoms with E-state index in [1.165, 1.54) is 0 Å². The van der Waals surface area contributed by atoms with Gasteiger partial charge in [-0.3, -0.25) is 4.79 Å². The fraction of sp³-hybridized carbons (Fsp3) is 0.417. The van der Waals surface area contributed by atoms with Crippen molar-refractivity contribution in [1.29, 1.82) is 0 Å². The first-order valence-corrected chi connectivity index (χ1v) is 5.82. The van der Waals surface area contributed by atoms with E-state index in [-0.39, 0.29) is 11.8 Å². The van der Waals surface area contributed by atoms with Crippen molar-refractivity contribution in [2.24, 2.45) is 5.92 Å². The number of aryl methyl sites for hydroxylation is 1. The highest BCUT2D eigenvalue weighted by Crippen LogP contribution is 2.39. The summed E-state index contributed by atoms with van der Waals surface area (Å²) in [7, 11) is 0. The van der Waals surface area contributed by atoms with Crippen LogP contribution in [0.2, 0.25) is 5.02 Å². The molecule has 92 valence electrons. The maximum atomic E-state index is 10.9. The Morgan fingerprint density at radius 2 is 2.24 bits per heavy atom. The Morgan fingerprint density at radius 3 is 2.82 bits per heavy atom. The van der Waals surface area contributed by atoms with Gasteiger partial charge >= 0.3 is 5.97 Å². The van der Waals surface area contributed by atoms with Crippen molar-refractivity contribution in [2.45, 2.75) is 19.4 Å². The summed E-state index contributed by atoms with van der Waals surface area (Å²) in [6.07, 6.45) is 0.450. The van der Waals surface area contributed by atoms with Crippen LogP contribution in [0.25, 0.3) is 0 Å². The second-order valence-electron chi connectivity index (χ2n) is 4.36. The maximum absolute atomic E-state index is 10.9. The molecule has 0 amide bonds. The molecule has 1 fully saturated rings. The molecule has 0 aliphatic carbocycles. The highest BCUT2D eigenvalue weighted by Gasteiger charge is 2.32. The van der Waals surface area contributed by atoms with Crippen LogP contribution in [0.1, 0.15) is 23.6 Å². The van der Waals surface area contributed by atoms with Crippen molar-refractivity contribution >= 4 is 17.6 Å². The number of hydrogen-bond acceptors (Lipinski definition) is 3. The van der Waals surface area contributed by atoms with Crippen LogP contribution in [0.3, 0.4) is 0 Å². The Balaban J connectivity index is 2.30. The van der Waals surface area contributed by atoms with E-state index in [0.29, 0.717) is 23.6 Å². The van der Waals surface area contributed by atoms with Crippen LogP contribution in [-0.2, 0) is 4.79 Å². The third-order valence-corrected chi connectivity index (χ3v) is 3.52. The molecule has 2 rings (SSSR count). The number of phenolic OH excluding ortho intramolecular Hbond substituents is 1. The molecule has 2 atom stereocenters. The molecular formula is C12H14ClNO3. The van der Waals surface area contributed by atoms with Crippen LogP contribution in [-0.4, -0.2) is 22.7 Å². The predicted octanol–water partition coefficient (Wildman–Crippen LogP) is 2.09. The Bertz CT molecular complexity index is 461. The molecule has 1 aliphatic rings. The number of halogens is 1. The second kappa shape index (κ2) is 4.55. The number of nitrogens with one attached hydrogen (secondary N) is 1. The molecular weight excluding hydrogens is 242 g/mol. The maximum Gasteiger partial charge on any atom is 0.307 e. The summed E-state index contributed by atoms with van der Waals surface area (Å²) in [5, 5.41) is 22.5. The molecule has 17 heavy (non-hydrogen) atoms. The van der Waals surface area contributed by atoms with Crippen molar-refractivity contribution in [1.82, 2.24) is 5.32 Å². The highest BCUT2D eigenvalue weighted by atomic mass is 35.5. The summed E-state index contributed by atoms with van der Waals surface area (Å²) >= 11 is 6.06. The lowest BCUT2D eigenvalue weighted by molar-refractivity contribution is -0.141. The smallest absolute Gasteiger partial charge is 0.307 e. The van der Waals surface area contributed by atoms with E-state index >= 15 is 0 Å². The van der Waals surface area contributed by atoms with Crippen LogP contribution in [0, 0.1) is 12.8 Å². The van der Waals surface area contributed by atoms with E-state index in [4.69, 9.17) is 16.7 Å². The number of aromatic hydroxyl groups is 1. The molecule has 1 aromatic rings. The van der Waals surface area contributed by atoms with Gasteiger partial charge in [0.15, 0.2) is 0 Å². The van der Waals surface area contributed by atoms with Gasteiger partial charge in [-0.25, -0.2) is 0 Å². The molecule has 0 aromatic heterocycles. The predicted molar refractivity (Wildman–Crippen MR) is 64.3 cm³/mol. The first-order chi connectivity index (χ1) is 8.00. The fourth-order valence-electron chi connectivity index (χ4n) is 2.17. The van der Waals surface area contributed by atoms with E-state index < -0.39 is 11.9 Å². The number of benzene rings is 1. The van der Waals surface area contributed by atoms with E-state index in [0.717, 1.165) is 5.56 Å². The molecule has 2 unspecified atom stereocenters. The number of carboxylic acid groups (broad SMARTS) is 1. The van der Waals surface area contributed by atoms with Gasteiger partial charge in [-0.05, 0) is 25.0 Å². The van der Waals surface area contributed by atoms with Crippen molar-refractivity contribution in [3.63, 3.8) is 0 Å². The number of carbonyl (C=O) groups is 1. The number of hydrogen-bond donors (Lipinski definition) is 3. The SMILES string of the molecule is Cc1ccc(Cl)c(C2CC(C(=O)O)CN2)c1O. The summed E-state index contributed by atoms with van der Waals surface area (Å²) in [5.41, 5.74) is 1.35. The van der Waals surface area contributed by atoms with E-state index in [1.54, 1.807) is 19.1 Å². The van der Waals surface area contributed by atoms with Crippen LogP contribution in [0.5, 0.6) is 5.75 Å². The summed E-state index contributed by atoms with van der Waals surface area (Å²) in [5.74, 6) is -1.08. The second-order valence-corrected chi connectivity index (χ2v) is 4.77. The lowest BCUT2D eigenvalue weighted by Crippen LogP contribution is -2.17. The van der Waals surface area contributed by atoms with Crippen LogP contribution >= 0.6 is 11.6 Å². The summed E-state index contributed by atoms with van der Waals surface area (Å²) in [6, 6.07) is 3.27. The minimum absolute atomic E-state index is 0.154. The monoisotopic (exact) mass is 255 g/mol. The molecule has 0 radical (unpaired) electrons. The zero-order valence-corrected chi connectivity index (χ0v) is 10.2. The van der Waals surface area contributed by atoms with E-state index in [2.05, 4.69) is 5.32 Å². The van der Waals surface area contributed by atoms with Crippen LogP contribution < -0.4 is 5.32 Å². The van der Waals surface area contributed by atoms with Crippen molar-refractivity contribution in [3.05, 3.63) is 28.3 Å². The molecule has 4 nitrogen and oxygen atoms in total. The molecule has 3 N–H and O–H groups in total. The Kier molecular flexibility index (Phi) is 3.26. The molecule has 1 saturated heterocycles. The largest absolute Gasteiger partial charge is 0.507 e. The normalized spacial score (nSPS) is 23.9. The summed E-state index contributed by atoms with van der Waals surface area (Å²) < 4.78 is 0. The van der Waals surface area contributed by atoms with E-state index in [9.17, 15) is 9.90 Å². The van der Waals surface area contributed by atoms with Gasteiger partial charge in [0.25, 0.3) is 0 Å². The van der Waals surface area contributed by atoms with Crippen molar-refractivity contribution in [2.75, 3.05) is 6.54 Å². The van der Waals surface area contributed by atoms with Gasteiger partial charge in [0, 0.05) is 23.2 Å². The summed E-state index contributed by atoms with van der Waals surface area (Å²) in [6.45, 7) is 2.20. The minimum Gasteiger partial charge on any atom is -0.507 e. The Morgan fingerprint density at radius 1 is 1.53 bits per heavy atom. The zero-order chi connectivity index (χ0) is 12.6. The third-order valence-electron chi connectivity index (χ3n) is 3.19. The number of aliphatic carboxylic acids is 1. The quantitative estimate of drug-likeness (QED) is 0.757. The van der Waals surface area contributed by atoms with Gasteiger partial charge in [0.05, 0.1) is 5.92 Å². The van der Waals surface area contributed by atoms with Gasteiger partial charge in [0.1, 0.15) is 5.75 Å². The Labute approximate surface area is 104 Å². The van der Waals surface area contributed by atoms with Crippen LogP contribution in [0.15, 0.2) is 12.1 Å². The number of rotatable bonds is 2. The lowest BCUT2D eigenvalue weighted by atomic mass is 9.97. The number of carboxylic acids is 1. The molecule has 0 bridgehead atoms. The standard InChI is InChI=1S/C12H14ClNO3/c1-6-2-3-8(13)10(11(6)15)9-4-7(5-14-9)12(16)17/h2-3,7,9,14-15H,4-5H2,1H3,(H,16,17). The first-order valence-electron chi connectivity index (χ1n) is 5.45.